The monoisotopic (exact) mass is 226 g/mol. The Bertz CT molecular complexity index is 257. The molecule has 0 radical (unpaired) electrons. The van der Waals surface area contributed by atoms with Gasteiger partial charge >= 0.3 is 0 Å². The van der Waals surface area contributed by atoms with Crippen molar-refractivity contribution in [3.63, 3.8) is 0 Å². The Labute approximate surface area is 93.7 Å². The molecule has 0 aromatic heterocycles. The first kappa shape index (κ1) is 12.7. The lowest BCUT2D eigenvalue weighted by atomic mass is 10.0. The first-order chi connectivity index (χ1) is 6.96. The van der Waals surface area contributed by atoms with Crippen LogP contribution < -0.4 is 0 Å². The highest BCUT2D eigenvalue weighted by Crippen LogP contribution is 2.23. The Morgan fingerprint density at radius 3 is 2.40 bits per heavy atom. The molecule has 0 aliphatic carbocycles. The van der Waals surface area contributed by atoms with Crippen LogP contribution in [0.15, 0.2) is 11.6 Å². The predicted octanol–water partition coefficient (Wildman–Crippen LogP) is 2.95. The molecule has 2 nitrogen and oxygen atoms in total. The van der Waals surface area contributed by atoms with Gasteiger partial charge in [-0.3, -0.25) is 0 Å². The van der Waals surface area contributed by atoms with Crippen LogP contribution in [-0.4, -0.2) is 26.2 Å². The van der Waals surface area contributed by atoms with E-state index in [9.17, 15) is 4.79 Å². The number of hydrogen-bond acceptors (Lipinski definition) is 2. The van der Waals surface area contributed by atoms with Gasteiger partial charge < -0.3 is 9.53 Å². The summed E-state index contributed by atoms with van der Waals surface area (Å²) in [6.45, 7) is 9.05. The summed E-state index contributed by atoms with van der Waals surface area (Å²) in [6.07, 6.45) is 5.35. The molecular formula is C12H22O2Si. The van der Waals surface area contributed by atoms with E-state index in [4.69, 9.17) is 4.74 Å². The molecule has 1 unspecified atom stereocenters. The molecule has 3 heteroatoms. The van der Waals surface area contributed by atoms with Crippen molar-refractivity contribution in [2.24, 2.45) is 0 Å². The Balaban J connectivity index is 2.75. The van der Waals surface area contributed by atoms with Crippen LogP contribution in [0.25, 0.3) is 0 Å². The zero-order chi connectivity index (χ0) is 11.5. The maximum absolute atomic E-state index is 12.2. The maximum Gasteiger partial charge on any atom is 0.138 e. The Morgan fingerprint density at radius 2 is 2.00 bits per heavy atom. The van der Waals surface area contributed by atoms with Gasteiger partial charge in [0.15, 0.2) is 0 Å². The Hall–Kier alpha value is -0.413. The lowest BCUT2D eigenvalue weighted by Gasteiger charge is -2.27. The predicted molar refractivity (Wildman–Crippen MR) is 65.7 cm³/mol. The molecule has 0 aromatic carbocycles. The third-order valence-corrected chi connectivity index (χ3v) is 4.43. The van der Waals surface area contributed by atoms with Crippen molar-refractivity contribution in [3.05, 3.63) is 11.6 Å². The number of ether oxygens (including phenoxy) is 1. The van der Waals surface area contributed by atoms with Crippen molar-refractivity contribution in [3.8, 4) is 0 Å². The zero-order valence-electron chi connectivity index (χ0n) is 10.3. The van der Waals surface area contributed by atoms with Crippen LogP contribution in [0.1, 0.15) is 26.2 Å². The molecule has 1 rings (SSSR count). The second-order valence-electron chi connectivity index (χ2n) is 5.18. The van der Waals surface area contributed by atoms with Crippen molar-refractivity contribution in [1.29, 1.82) is 0 Å². The maximum atomic E-state index is 12.2. The van der Waals surface area contributed by atoms with Gasteiger partial charge in [-0.2, -0.15) is 0 Å². The number of rotatable bonds is 3. The molecule has 0 spiro atoms. The summed E-state index contributed by atoms with van der Waals surface area (Å²) in [5, 5.41) is 0.358. The van der Waals surface area contributed by atoms with Gasteiger partial charge in [-0.15, -0.1) is 0 Å². The topological polar surface area (TPSA) is 26.3 Å². The van der Waals surface area contributed by atoms with Gasteiger partial charge in [-0.25, -0.2) is 0 Å². The van der Waals surface area contributed by atoms with Crippen LogP contribution in [0.2, 0.25) is 19.6 Å². The van der Waals surface area contributed by atoms with E-state index in [1.165, 1.54) is 6.42 Å². The quantitative estimate of drug-likeness (QED) is 0.546. The molecule has 86 valence electrons. The molecule has 0 amide bonds. The molecule has 1 aliphatic heterocycles. The average molecular weight is 226 g/mol. The lowest BCUT2D eigenvalue weighted by molar-refractivity contribution is -0.111. The smallest absolute Gasteiger partial charge is 0.138 e. The highest BCUT2D eigenvalue weighted by atomic mass is 28.3. The molecule has 15 heavy (non-hydrogen) atoms. The minimum absolute atomic E-state index is 0.0722. The number of allylic oxidation sites excluding steroid dienone is 1. The molecule has 1 saturated heterocycles. The van der Waals surface area contributed by atoms with Crippen LogP contribution >= 0.6 is 0 Å². The van der Waals surface area contributed by atoms with Gasteiger partial charge in [0, 0.05) is 12.2 Å². The molecule has 0 bridgehead atoms. The summed E-state index contributed by atoms with van der Waals surface area (Å²) in [6, 6.07) is 0. The minimum Gasteiger partial charge on any atom is -0.373 e. The van der Waals surface area contributed by atoms with Crippen LogP contribution in [-0.2, 0) is 9.53 Å². The third kappa shape index (κ3) is 3.28. The Morgan fingerprint density at radius 1 is 1.33 bits per heavy atom. The number of carbonyl (C=O) groups is 1. The van der Waals surface area contributed by atoms with Crippen LogP contribution in [0.3, 0.4) is 0 Å². The molecule has 1 fully saturated rings. The van der Waals surface area contributed by atoms with Gasteiger partial charge in [0.1, 0.15) is 13.5 Å². The van der Waals surface area contributed by atoms with Crippen molar-refractivity contribution < 1.29 is 9.53 Å². The fourth-order valence-corrected chi connectivity index (χ4v) is 3.05. The summed E-state index contributed by atoms with van der Waals surface area (Å²) in [7, 11) is -1.72. The van der Waals surface area contributed by atoms with Crippen molar-refractivity contribution >= 4 is 13.5 Å². The van der Waals surface area contributed by atoms with Gasteiger partial charge in [0.05, 0.1) is 6.10 Å². The van der Waals surface area contributed by atoms with Gasteiger partial charge in [-0.1, -0.05) is 25.7 Å². The van der Waals surface area contributed by atoms with Crippen molar-refractivity contribution in [2.75, 3.05) is 6.61 Å². The standard InChI is InChI=1S/C12H22O2Si/c1-5-10(12(13)15(2,3)4)11-8-6-7-9-14-11/h5,11H,6-9H2,1-4H3/b10-5+. The summed E-state index contributed by atoms with van der Waals surface area (Å²) in [4.78, 5) is 12.2. The van der Waals surface area contributed by atoms with Crippen LogP contribution in [0, 0.1) is 0 Å². The lowest BCUT2D eigenvalue weighted by Crippen LogP contribution is -2.39. The first-order valence-corrected chi connectivity index (χ1v) is 9.29. The molecule has 0 aromatic rings. The zero-order valence-corrected chi connectivity index (χ0v) is 11.3. The van der Waals surface area contributed by atoms with E-state index < -0.39 is 8.07 Å². The fourth-order valence-electron chi connectivity index (χ4n) is 1.88. The molecule has 0 saturated carbocycles. The van der Waals surface area contributed by atoms with E-state index in [1.54, 1.807) is 0 Å². The second kappa shape index (κ2) is 5.08. The van der Waals surface area contributed by atoms with Gasteiger partial charge in [0.25, 0.3) is 0 Å². The van der Waals surface area contributed by atoms with Crippen LogP contribution in [0.5, 0.6) is 0 Å². The molecule has 1 aliphatic rings. The van der Waals surface area contributed by atoms with Crippen molar-refractivity contribution in [2.45, 2.75) is 51.9 Å². The van der Waals surface area contributed by atoms with E-state index in [0.29, 0.717) is 5.41 Å². The van der Waals surface area contributed by atoms with E-state index in [0.717, 1.165) is 25.0 Å². The van der Waals surface area contributed by atoms with E-state index >= 15 is 0 Å². The van der Waals surface area contributed by atoms with E-state index in [2.05, 4.69) is 19.6 Å². The molecule has 1 atom stereocenters. The summed E-state index contributed by atoms with van der Waals surface area (Å²) < 4.78 is 5.68. The number of hydrogen-bond donors (Lipinski definition) is 0. The van der Waals surface area contributed by atoms with Crippen molar-refractivity contribution in [1.82, 2.24) is 0 Å². The fraction of sp³-hybridized carbons (Fsp3) is 0.750. The van der Waals surface area contributed by atoms with E-state index in [-0.39, 0.29) is 6.10 Å². The normalized spacial score (nSPS) is 24.0. The minimum atomic E-state index is -1.72. The largest absolute Gasteiger partial charge is 0.373 e. The van der Waals surface area contributed by atoms with Crippen LogP contribution in [0.4, 0.5) is 0 Å². The summed E-state index contributed by atoms with van der Waals surface area (Å²) in [5.41, 5.74) is 0.925. The molecular weight excluding hydrogens is 204 g/mol. The third-order valence-electron chi connectivity index (χ3n) is 2.78. The SMILES string of the molecule is C/C=C(/C(=O)[Si](C)(C)C)C1CCCCO1. The second-order valence-corrected chi connectivity index (χ2v) is 10.1. The number of carbonyl (C=O) groups excluding carboxylic acids is 1. The Kier molecular flexibility index (Phi) is 4.29. The summed E-state index contributed by atoms with van der Waals surface area (Å²) >= 11 is 0. The summed E-state index contributed by atoms with van der Waals surface area (Å²) in [5.74, 6) is 0. The first-order valence-electron chi connectivity index (χ1n) is 5.79. The van der Waals surface area contributed by atoms with Gasteiger partial charge in [0.2, 0.25) is 0 Å². The highest BCUT2D eigenvalue weighted by molar-refractivity contribution is 7.05. The van der Waals surface area contributed by atoms with Gasteiger partial charge in [-0.05, 0) is 26.2 Å². The molecule has 1 heterocycles. The highest BCUT2D eigenvalue weighted by Gasteiger charge is 2.31. The molecule has 0 N–H and O–H groups in total. The van der Waals surface area contributed by atoms with E-state index in [1.807, 2.05) is 13.0 Å². The average Bonchev–Trinajstić information content (AvgIpc) is 2.19.